The van der Waals surface area contributed by atoms with Gasteiger partial charge in [-0.25, -0.2) is 14.4 Å². The van der Waals surface area contributed by atoms with E-state index >= 15 is 0 Å². The van der Waals surface area contributed by atoms with E-state index in [1.807, 2.05) is 0 Å². The Bertz CT molecular complexity index is 1090. The fourth-order valence-electron chi connectivity index (χ4n) is 3.23. The number of anilines is 1. The normalized spacial score (nSPS) is 14.2. The smallest absolute Gasteiger partial charge is 0.346 e. The molecule has 6 nitrogen and oxygen atoms in total. The Balaban J connectivity index is 1.98. The number of rotatable bonds is 6. The first-order valence-corrected chi connectivity index (χ1v) is 11.1. The van der Waals surface area contributed by atoms with Crippen molar-refractivity contribution >= 4 is 29.6 Å². The molecule has 168 valence electrons. The second-order valence-electron chi connectivity index (χ2n) is 6.68. The summed E-state index contributed by atoms with van der Waals surface area (Å²) in [6.45, 7) is 0.535. The van der Waals surface area contributed by atoms with Gasteiger partial charge in [0, 0.05) is 22.8 Å². The van der Waals surface area contributed by atoms with Gasteiger partial charge in [-0.2, -0.15) is 19.1 Å². The van der Waals surface area contributed by atoms with Crippen molar-refractivity contribution < 1.29 is 26.9 Å². The molecule has 4 rings (SSSR count). The number of benzene rings is 2. The minimum atomic E-state index is -4.75. The molecule has 1 aliphatic heterocycles. The highest BCUT2D eigenvalue weighted by Gasteiger charge is 2.37. The summed E-state index contributed by atoms with van der Waals surface area (Å²) in [5.41, 5.74) is 1.36. The lowest BCUT2D eigenvalue weighted by Crippen LogP contribution is -2.23. The molecule has 0 atom stereocenters. The molecule has 1 fully saturated rings. The van der Waals surface area contributed by atoms with Crippen molar-refractivity contribution in [2.75, 3.05) is 23.1 Å². The Kier molecular flexibility index (Phi) is 6.86. The zero-order valence-corrected chi connectivity index (χ0v) is 17.9. The minimum absolute atomic E-state index is 0.0531. The first-order chi connectivity index (χ1) is 15.4. The molecule has 12 heteroatoms. The van der Waals surface area contributed by atoms with Crippen LogP contribution in [0.5, 0.6) is 0 Å². The van der Waals surface area contributed by atoms with Crippen molar-refractivity contribution in [1.29, 1.82) is 0 Å². The maximum absolute atomic E-state index is 13.7. The number of thioether (sulfide) groups is 1. The topological polar surface area (TPSA) is 73.5 Å². The molecular formula is C20H16F4N4O2S2. The van der Waals surface area contributed by atoms with Gasteiger partial charge in [0.1, 0.15) is 11.6 Å². The summed E-state index contributed by atoms with van der Waals surface area (Å²) < 4.78 is 59.3. The summed E-state index contributed by atoms with van der Waals surface area (Å²) in [7, 11) is 0. The Morgan fingerprint density at radius 3 is 2.50 bits per heavy atom. The highest BCUT2D eigenvalue weighted by atomic mass is 32.2. The molecule has 0 spiro atoms. The maximum Gasteiger partial charge on any atom is 0.451 e. The van der Waals surface area contributed by atoms with E-state index in [0.717, 1.165) is 17.8 Å². The fourth-order valence-corrected chi connectivity index (χ4v) is 4.61. The van der Waals surface area contributed by atoms with Gasteiger partial charge in [-0.3, -0.25) is 0 Å². The van der Waals surface area contributed by atoms with Crippen LogP contribution in [0.4, 0.5) is 23.4 Å². The summed E-state index contributed by atoms with van der Waals surface area (Å²) in [5.74, 6) is 4.54. The molecule has 0 radical (unpaired) electrons. The van der Waals surface area contributed by atoms with Crippen molar-refractivity contribution in [2.45, 2.75) is 11.1 Å². The van der Waals surface area contributed by atoms with Crippen LogP contribution in [0.1, 0.15) is 5.82 Å². The highest BCUT2D eigenvalue weighted by molar-refractivity contribution is 7.99. The molecule has 3 aromatic rings. The average Bonchev–Trinajstić information content (AvgIpc) is 3.32. The van der Waals surface area contributed by atoms with E-state index in [1.165, 1.54) is 24.3 Å². The van der Waals surface area contributed by atoms with Crippen LogP contribution in [0.2, 0.25) is 0 Å². The van der Waals surface area contributed by atoms with E-state index in [0.29, 0.717) is 34.0 Å². The summed E-state index contributed by atoms with van der Waals surface area (Å²) in [4.78, 5) is 14.3. The number of nitrogens with zero attached hydrogens (tertiary/aromatic N) is 3. The number of halogens is 4. The van der Waals surface area contributed by atoms with Crippen LogP contribution < -0.4 is 10.8 Å². The Hall–Kier alpha value is -2.38. The van der Waals surface area contributed by atoms with Crippen molar-refractivity contribution in [3.05, 3.63) is 60.2 Å². The molecule has 1 aliphatic rings. The van der Waals surface area contributed by atoms with Crippen LogP contribution >= 0.6 is 23.8 Å². The van der Waals surface area contributed by atoms with Crippen LogP contribution in [0.15, 0.2) is 53.4 Å². The van der Waals surface area contributed by atoms with Gasteiger partial charge in [0.2, 0.25) is 5.82 Å². The quantitative estimate of drug-likeness (QED) is 0.219. The van der Waals surface area contributed by atoms with Gasteiger partial charge in [0.15, 0.2) is 0 Å². The average molecular weight is 485 g/mol. The van der Waals surface area contributed by atoms with Gasteiger partial charge < -0.3 is 4.90 Å². The monoisotopic (exact) mass is 484 g/mol. The Morgan fingerprint density at radius 1 is 1.06 bits per heavy atom. The van der Waals surface area contributed by atoms with Crippen molar-refractivity contribution in [1.82, 2.24) is 9.97 Å². The Labute approximate surface area is 189 Å². The third-order valence-corrected chi connectivity index (χ3v) is 6.16. The zero-order valence-electron chi connectivity index (χ0n) is 16.3. The molecule has 1 aromatic heterocycles. The number of alkyl halides is 3. The molecule has 0 saturated carbocycles. The van der Waals surface area contributed by atoms with Gasteiger partial charge in [-0.15, -0.1) is 21.1 Å². The number of nitrogens with two attached hydrogens (primary N) is 1. The lowest BCUT2D eigenvalue weighted by Gasteiger charge is -2.23. The van der Waals surface area contributed by atoms with Crippen LogP contribution in [-0.4, -0.2) is 28.1 Å². The first kappa shape index (κ1) is 22.8. The first-order valence-electron chi connectivity index (χ1n) is 9.25. The summed E-state index contributed by atoms with van der Waals surface area (Å²) in [6, 6.07) is 12.0. The van der Waals surface area contributed by atoms with Crippen molar-refractivity contribution in [3.8, 4) is 22.4 Å². The SMILES string of the molecule is NOOSc1cccc(-c2c(-c3ccc(F)cc3)nc(C(F)(F)F)nc2N2CCSC2)c1. The van der Waals surface area contributed by atoms with Crippen LogP contribution in [0, 0.1) is 5.82 Å². The fraction of sp³-hybridized carbons (Fsp3) is 0.200. The molecule has 0 aliphatic carbocycles. The predicted octanol–water partition coefficient (Wildman–Crippen LogP) is 5.31. The third kappa shape index (κ3) is 4.99. The minimum Gasteiger partial charge on any atom is -0.346 e. The maximum atomic E-state index is 13.7. The summed E-state index contributed by atoms with van der Waals surface area (Å²) in [6.07, 6.45) is -4.75. The molecule has 2 aromatic carbocycles. The molecule has 0 bridgehead atoms. The molecular weight excluding hydrogens is 468 g/mol. The standard InChI is InChI=1S/C20H16F4N4O2S2/c21-14-6-4-12(5-7-14)17-16(13-2-1-3-15(10-13)32-30-29-25)18(28-8-9-31-11-28)27-19(26-17)20(22,23)24/h1-7,10H,8-9,11,25H2. The Morgan fingerprint density at radius 2 is 1.84 bits per heavy atom. The van der Waals surface area contributed by atoms with Gasteiger partial charge in [0.05, 0.1) is 29.2 Å². The number of hydrogen-bond acceptors (Lipinski definition) is 8. The largest absolute Gasteiger partial charge is 0.451 e. The lowest BCUT2D eigenvalue weighted by atomic mass is 9.99. The van der Waals surface area contributed by atoms with E-state index in [1.54, 1.807) is 40.9 Å². The molecule has 32 heavy (non-hydrogen) atoms. The highest BCUT2D eigenvalue weighted by Crippen LogP contribution is 2.42. The lowest BCUT2D eigenvalue weighted by molar-refractivity contribution is -0.195. The molecule has 2 heterocycles. The van der Waals surface area contributed by atoms with Crippen LogP contribution in [0.25, 0.3) is 22.4 Å². The van der Waals surface area contributed by atoms with Crippen LogP contribution in [-0.2, 0) is 15.5 Å². The number of hydrogen-bond donors (Lipinski definition) is 1. The van der Waals surface area contributed by atoms with Crippen LogP contribution in [0.3, 0.4) is 0 Å². The third-order valence-electron chi connectivity index (χ3n) is 4.61. The van der Waals surface area contributed by atoms with Crippen molar-refractivity contribution in [3.63, 3.8) is 0 Å². The summed E-state index contributed by atoms with van der Waals surface area (Å²) in [5, 5.41) is 0. The second kappa shape index (κ2) is 9.63. The zero-order chi connectivity index (χ0) is 22.7. The number of aromatic nitrogens is 2. The summed E-state index contributed by atoms with van der Waals surface area (Å²) >= 11 is 2.44. The molecule has 0 unspecified atom stereocenters. The van der Waals surface area contributed by atoms with E-state index in [9.17, 15) is 17.6 Å². The molecule has 1 saturated heterocycles. The predicted molar refractivity (Wildman–Crippen MR) is 115 cm³/mol. The van der Waals surface area contributed by atoms with E-state index in [4.69, 9.17) is 10.2 Å². The van der Waals surface area contributed by atoms with Gasteiger partial charge in [-0.1, -0.05) is 12.1 Å². The molecule has 0 amide bonds. The molecule has 2 N–H and O–H groups in total. The van der Waals surface area contributed by atoms with Gasteiger partial charge in [0.25, 0.3) is 0 Å². The van der Waals surface area contributed by atoms with E-state index < -0.39 is 17.8 Å². The van der Waals surface area contributed by atoms with Crippen molar-refractivity contribution in [2.24, 2.45) is 5.90 Å². The van der Waals surface area contributed by atoms with Gasteiger partial charge >= 0.3 is 6.18 Å². The van der Waals surface area contributed by atoms with Gasteiger partial charge in [-0.05, 0) is 42.0 Å². The second-order valence-corrected chi connectivity index (χ2v) is 8.52. The van der Waals surface area contributed by atoms with E-state index in [2.05, 4.69) is 15.0 Å². The van der Waals surface area contributed by atoms with E-state index in [-0.39, 0.29) is 11.5 Å².